The molecule has 23 heavy (non-hydrogen) atoms. The summed E-state index contributed by atoms with van der Waals surface area (Å²) < 4.78 is 0. The van der Waals surface area contributed by atoms with Gasteiger partial charge in [0.25, 0.3) is 0 Å². The van der Waals surface area contributed by atoms with Crippen molar-refractivity contribution in [2.45, 2.75) is 0 Å². The van der Waals surface area contributed by atoms with Crippen LogP contribution in [0.5, 0.6) is 0 Å². The third kappa shape index (κ3) is 3.33. The Bertz CT molecular complexity index is 865. The van der Waals surface area contributed by atoms with Crippen LogP contribution in [0.25, 0.3) is 10.6 Å². The highest BCUT2D eigenvalue weighted by molar-refractivity contribution is 7.13. The number of nitrogens with one attached hydrogen (secondary N) is 2. The topological polar surface area (TPSA) is 120 Å². The van der Waals surface area contributed by atoms with Gasteiger partial charge in [0.2, 0.25) is 5.69 Å². The van der Waals surface area contributed by atoms with Gasteiger partial charge in [0.1, 0.15) is 10.8 Å². The minimum Gasteiger partial charge on any atom is -0.321 e. The smallest absolute Gasteiger partial charge is 0.321 e. The lowest BCUT2D eigenvalue weighted by Gasteiger charge is -2.00. The van der Waals surface area contributed by atoms with Crippen LogP contribution in [-0.2, 0) is 0 Å². The number of quaternary nitrogens is 1. The van der Waals surface area contributed by atoms with Crippen LogP contribution in [0.1, 0.15) is 10.5 Å². The molecular formula is C12H9Cl2N6O2S+. The van der Waals surface area contributed by atoms with Crippen molar-refractivity contribution in [3.05, 3.63) is 39.3 Å². The van der Waals surface area contributed by atoms with E-state index in [2.05, 4.69) is 25.7 Å². The van der Waals surface area contributed by atoms with E-state index in [4.69, 9.17) is 28.4 Å². The number of hydroxylamine groups is 1. The fraction of sp³-hybridized carbons (Fsp3) is 0. The first-order chi connectivity index (χ1) is 11.1. The molecule has 0 saturated carbocycles. The third-order valence-corrected chi connectivity index (χ3v) is 4.45. The Morgan fingerprint density at radius 1 is 1.30 bits per heavy atom. The number of anilines is 2. The predicted octanol–water partition coefficient (Wildman–Crippen LogP) is 2.07. The number of rotatable bonds is 4. The van der Waals surface area contributed by atoms with Crippen molar-refractivity contribution in [2.75, 3.05) is 5.32 Å². The second-order valence-electron chi connectivity index (χ2n) is 4.31. The first-order valence-electron chi connectivity index (χ1n) is 6.19. The summed E-state index contributed by atoms with van der Waals surface area (Å²) in [5, 5.41) is 24.8. The van der Waals surface area contributed by atoms with Crippen LogP contribution < -0.4 is 10.8 Å². The van der Waals surface area contributed by atoms with Gasteiger partial charge < -0.3 is 5.32 Å². The van der Waals surface area contributed by atoms with Crippen LogP contribution in [0, 0.1) is 0 Å². The van der Waals surface area contributed by atoms with Crippen LogP contribution in [0.15, 0.2) is 23.6 Å². The molecule has 0 aliphatic carbocycles. The fourth-order valence-corrected chi connectivity index (χ4v) is 2.81. The highest BCUT2D eigenvalue weighted by atomic mass is 35.5. The largest absolute Gasteiger partial charge is 0.398 e. The first-order valence-corrected chi connectivity index (χ1v) is 7.82. The van der Waals surface area contributed by atoms with Crippen molar-refractivity contribution in [3.8, 4) is 10.6 Å². The Balaban J connectivity index is 1.84. The summed E-state index contributed by atoms with van der Waals surface area (Å²) in [4.78, 5) is 15.9. The van der Waals surface area contributed by atoms with Gasteiger partial charge >= 0.3 is 5.91 Å². The molecule has 0 fully saturated rings. The quantitative estimate of drug-likeness (QED) is 0.411. The lowest BCUT2D eigenvalue weighted by Crippen LogP contribution is -2.84. The number of nitrogens with zero attached hydrogens (tertiary/aromatic N) is 3. The van der Waals surface area contributed by atoms with Crippen LogP contribution >= 0.6 is 34.5 Å². The van der Waals surface area contributed by atoms with E-state index in [1.807, 2.05) is 6.07 Å². The van der Waals surface area contributed by atoms with Crippen LogP contribution in [-0.4, -0.2) is 31.5 Å². The number of primary amides is 1. The van der Waals surface area contributed by atoms with E-state index in [0.717, 1.165) is 10.6 Å². The predicted molar refractivity (Wildman–Crippen MR) is 85.3 cm³/mol. The zero-order valence-electron chi connectivity index (χ0n) is 11.2. The number of hydrogen-bond donors (Lipinski definition) is 4. The Hall–Kier alpha value is -2.04. The van der Waals surface area contributed by atoms with Gasteiger partial charge in [0.05, 0.1) is 10.0 Å². The van der Waals surface area contributed by atoms with Gasteiger partial charge in [-0.05, 0) is 12.1 Å². The van der Waals surface area contributed by atoms with Crippen molar-refractivity contribution in [2.24, 2.45) is 0 Å². The van der Waals surface area contributed by atoms with Gasteiger partial charge in [-0.3, -0.25) is 0 Å². The summed E-state index contributed by atoms with van der Waals surface area (Å²) in [5.74, 6) is -0.00978. The van der Waals surface area contributed by atoms with E-state index >= 15 is 0 Å². The molecule has 0 unspecified atom stereocenters. The fourth-order valence-electron chi connectivity index (χ4n) is 1.77. The number of carbonyl (C=O) groups is 1. The molecular weight excluding hydrogens is 363 g/mol. The summed E-state index contributed by atoms with van der Waals surface area (Å²) in [5.41, 5.74) is 1.21. The summed E-state index contributed by atoms with van der Waals surface area (Å²) in [6, 6.07) is 5.22. The molecule has 1 aromatic carbocycles. The highest BCUT2D eigenvalue weighted by Crippen LogP contribution is 2.32. The second-order valence-corrected chi connectivity index (χ2v) is 5.98. The molecule has 3 aromatic rings. The van der Waals surface area contributed by atoms with E-state index in [-0.39, 0.29) is 11.5 Å². The van der Waals surface area contributed by atoms with Gasteiger partial charge in [-0.15, -0.1) is 27.0 Å². The van der Waals surface area contributed by atoms with Gasteiger partial charge in [-0.25, -0.2) is 15.0 Å². The van der Waals surface area contributed by atoms with E-state index in [9.17, 15) is 4.79 Å². The number of H-pyrrole nitrogens is 1. The zero-order chi connectivity index (χ0) is 16.4. The number of halogens is 2. The molecule has 2 heterocycles. The SMILES string of the molecule is O=C([NH2+]O)c1n[nH]nc1Nc1csc(-c2ccc(Cl)c(Cl)c2)n1. The number of amides is 1. The average Bonchev–Trinajstić information content (AvgIpc) is 3.19. The number of benzene rings is 1. The van der Waals surface area contributed by atoms with Gasteiger partial charge in [-0.2, -0.15) is 5.21 Å². The number of nitrogens with two attached hydrogens (primary N) is 1. The molecule has 0 aliphatic heterocycles. The van der Waals surface area contributed by atoms with Crippen molar-refractivity contribution in [1.29, 1.82) is 0 Å². The minimum absolute atomic E-state index is 0.0309. The van der Waals surface area contributed by atoms with E-state index in [0.29, 0.717) is 21.3 Å². The number of carbonyl (C=O) groups excluding carboxylic acids is 1. The first kappa shape index (κ1) is 15.8. The lowest BCUT2D eigenvalue weighted by atomic mass is 10.2. The molecule has 0 saturated heterocycles. The van der Waals surface area contributed by atoms with E-state index in [1.54, 1.807) is 17.5 Å². The number of aromatic amines is 1. The van der Waals surface area contributed by atoms with E-state index in [1.165, 1.54) is 11.3 Å². The lowest BCUT2D eigenvalue weighted by molar-refractivity contribution is -0.809. The maximum Gasteiger partial charge on any atom is 0.398 e. The summed E-state index contributed by atoms with van der Waals surface area (Å²) in [6.07, 6.45) is 0. The average molecular weight is 372 g/mol. The summed E-state index contributed by atoms with van der Waals surface area (Å²) >= 11 is 13.3. The zero-order valence-corrected chi connectivity index (χ0v) is 13.6. The van der Waals surface area contributed by atoms with Crippen molar-refractivity contribution in [1.82, 2.24) is 20.4 Å². The molecule has 0 radical (unpaired) electrons. The number of thiazole rings is 1. The summed E-state index contributed by atoms with van der Waals surface area (Å²) in [7, 11) is 0. The molecule has 0 bridgehead atoms. The number of hydrogen-bond acceptors (Lipinski definition) is 7. The number of aromatic nitrogens is 4. The second kappa shape index (κ2) is 6.60. The Morgan fingerprint density at radius 3 is 2.87 bits per heavy atom. The molecule has 3 rings (SSSR count). The van der Waals surface area contributed by atoms with Crippen molar-refractivity contribution in [3.63, 3.8) is 0 Å². The van der Waals surface area contributed by atoms with E-state index < -0.39 is 5.91 Å². The normalized spacial score (nSPS) is 10.7. The van der Waals surface area contributed by atoms with Gasteiger partial charge in [0, 0.05) is 10.9 Å². The Kier molecular flexibility index (Phi) is 4.55. The van der Waals surface area contributed by atoms with Crippen molar-refractivity contribution < 1.29 is 15.5 Å². The maximum absolute atomic E-state index is 11.5. The van der Waals surface area contributed by atoms with Gasteiger partial charge in [0.15, 0.2) is 5.82 Å². The van der Waals surface area contributed by atoms with Crippen LogP contribution in [0.2, 0.25) is 10.0 Å². The van der Waals surface area contributed by atoms with Crippen molar-refractivity contribution >= 4 is 52.1 Å². The standard InChI is InChI=1S/C12H8Cl2N6O2S/c13-6-2-1-5(3-7(6)14)12-16-8(4-23-12)15-10-9(11(21)19-22)17-20-18-10/h1-4,22H,(H,19,21)(H2,15,17,18,20)/p+1. The molecule has 0 aliphatic rings. The molecule has 0 spiro atoms. The highest BCUT2D eigenvalue weighted by Gasteiger charge is 2.20. The molecule has 0 atom stereocenters. The Morgan fingerprint density at radius 2 is 2.13 bits per heavy atom. The molecule has 1 amide bonds. The van der Waals surface area contributed by atoms with Crippen LogP contribution in [0.4, 0.5) is 11.6 Å². The minimum atomic E-state index is -0.666. The van der Waals surface area contributed by atoms with Crippen LogP contribution in [0.3, 0.4) is 0 Å². The monoisotopic (exact) mass is 371 g/mol. The molecule has 2 aromatic heterocycles. The van der Waals surface area contributed by atoms with Gasteiger partial charge in [-0.1, -0.05) is 29.3 Å². The molecule has 11 heteroatoms. The molecule has 5 N–H and O–H groups in total. The Labute approximate surface area is 143 Å². The third-order valence-electron chi connectivity index (χ3n) is 2.82. The maximum atomic E-state index is 11.5. The molecule has 118 valence electrons. The molecule has 8 nitrogen and oxygen atoms in total. The summed E-state index contributed by atoms with van der Waals surface area (Å²) in [6.45, 7) is 0.